The molecule has 0 aromatic heterocycles. The van der Waals surface area contributed by atoms with Gasteiger partial charge in [0.2, 0.25) is 5.91 Å². The fourth-order valence-electron chi connectivity index (χ4n) is 2.39. The summed E-state index contributed by atoms with van der Waals surface area (Å²) in [6, 6.07) is 0.100. The molecule has 1 heterocycles. The molecular weight excluding hydrogens is 270 g/mol. The Morgan fingerprint density at radius 3 is 2.62 bits per heavy atom. The summed E-state index contributed by atoms with van der Waals surface area (Å²) >= 11 is 0. The topological polar surface area (TPSA) is 70.7 Å². The molecule has 0 spiro atoms. The van der Waals surface area contributed by atoms with Gasteiger partial charge in [0.15, 0.2) is 0 Å². The Bertz CT molecular complexity index is 353. The molecule has 1 unspecified atom stereocenters. The first-order chi connectivity index (χ1) is 9.83. The van der Waals surface area contributed by atoms with E-state index in [1.54, 1.807) is 4.90 Å². The van der Waals surface area contributed by atoms with Crippen LogP contribution in [0.25, 0.3) is 0 Å². The van der Waals surface area contributed by atoms with Gasteiger partial charge in [-0.05, 0) is 47.0 Å². The van der Waals surface area contributed by atoms with Gasteiger partial charge in [-0.25, -0.2) is 4.79 Å². The Morgan fingerprint density at radius 1 is 1.29 bits per heavy atom. The molecule has 0 saturated carbocycles. The summed E-state index contributed by atoms with van der Waals surface area (Å²) in [6.07, 6.45) is 2.80. The molecule has 1 aliphatic rings. The summed E-state index contributed by atoms with van der Waals surface area (Å²) in [5.41, 5.74) is -0.479. The zero-order valence-corrected chi connectivity index (χ0v) is 13.7. The molecule has 1 atom stereocenters. The minimum Gasteiger partial charge on any atom is -0.444 e. The standard InChI is InChI=1S/C15H29N3O3/c1-5-17-13(19)11-16-10-12-8-6-7-9-18(12)14(20)21-15(2,3)4/h12,16H,5-11H2,1-4H3,(H,17,19). The number of nitrogens with one attached hydrogen (secondary N) is 2. The molecule has 1 saturated heterocycles. The Morgan fingerprint density at radius 2 is 2.00 bits per heavy atom. The fourth-order valence-corrected chi connectivity index (χ4v) is 2.39. The van der Waals surface area contributed by atoms with Crippen molar-refractivity contribution in [1.29, 1.82) is 0 Å². The first kappa shape index (κ1) is 17.8. The second-order valence-corrected chi connectivity index (χ2v) is 6.41. The molecule has 2 amide bonds. The number of hydrogen-bond donors (Lipinski definition) is 2. The first-order valence-corrected chi connectivity index (χ1v) is 7.80. The number of nitrogens with zero attached hydrogens (tertiary/aromatic N) is 1. The van der Waals surface area contributed by atoms with Gasteiger partial charge in [-0.2, -0.15) is 0 Å². The summed E-state index contributed by atoms with van der Waals surface area (Å²) in [6.45, 7) is 9.77. The Balaban J connectivity index is 2.45. The van der Waals surface area contributed by atoms with E-state index >= 15 is 0 Å². The molecule has 0 aliphatic carbocycles. The van der Waals surface area contributed by atoms with Crippen molar-refractivity contribution in [2.75, 3.05) is 26.2 Å². The average Bonchev–Trinajstić information content (AvgIpc) is 2.37. The van der Waals surface area contributed by atoms with Crippen LogP contribution in [0.4, 0.5) is 4.79 Å². The lowest BCUT2D eigenvalue weighted by Gasteiger charge is -2.36. The van der Waals surface area contributed by atoms with Gasteiger partial charge in [-0.3, -0.25) is 4.79 Å². The third kappa shape index (κ3) is 6.80. The quantitative estimate of drug-likeness (QED) is 0.807. The normalized spacial score (nSPS) is 19.2. The zero-order valence-electron chi connectivity index (χ0n) is 13.7. The Kier molecular flexibility index (Phi) is 6.95. The first-order valence-electron chi connectivity index (χ1n) is 7.80. The van der Waals surface area contributed by atoms with E-state index in [0.29, 0.717) is 13.1 Å². The molecule has 21 heavy (non-hydrogen) atoms. The van der Waals surface area contributed by atoms with Crippen molar-refractivity contribution in [3.05, 3.63) is 0 Å². The number of hydrogen-bond acceptors (Lipinski definition) is 4. The highest BCUT2D eigenvalue weighted by Crippen LogP contribution is 2.19. The summed E-state index contributed by atoms with van der Waals surface area (Å²) in [5, 5.41) is 5.87. The number of rotatable bonds is 5. The van der Waals surface area contributed by atoms with E-state index in [0.717, 1.165) is 25.8 Å². The van der Waals surface area contributed by atoms with Gasteiger partial charge in [0.05, 0.1) is 6.54 Å². The molecule has 1 fully saturated rings. The maximum atomic E-state index is 12.2. The molecule has 6 nitrogen and oxygen atoms in total. The molecule has 122 valence electrons. The predicted molar refractivity (Wildman–Crippen MR) is 82.1 cm³/mol. The van der Waals surface area contributed by atoms with Crippen LogP contribution in [0.3, 0.4) is 0 Å². The van der Waals surface area contributed by atoms with Gasteiger partial charge in [-0.15, -0.1) is 0 Å². The summed E-state index contributed by atoms with van der Waals surface area (Å²) in [7, 11) is 0. The minimum atomic E-state index is -0.479. The zero-order chi connectivity index (χ0) is 15.9. The summed E-state index contributed by atoms with van der Waals surface area (Å²) < 4.78 is 5.45. The van der Waals surface area contributed by atoms with Crippen molar-refractivity contribution in [3.63, 3.8) is 0 Å². The SMILES string of the molecule is CCNC(=O)CNCC1CCCCN1C(=O)OC(C)(C)C. The van der Waals surface area contributed by atoms with Crippen molar-refractivity contribution >= 4 is 12.0 Å². The maximum Gasteiger partial charge on any atom is 0.410 e. The molecule has 1 rings (SSSR count). The van der Waals surface area contributed by atoms with E-state index in [1.165, 1.54) is 0 Å². The predicted octanol–water partition coefficient (Wildman–Crippen LogP) is 1.50. The third-order valence-corrected chi connectivity index (χ3v) is 3.29. The van der Waals surface area contributed by atoms with Gasteiger partial charge >= 0.3 is 6.09 Å². The number of piperidine rings is 1. The number of carbonyl (C=O) groups excluding carboxylic acids is 2. The molecule has 1 aliphatic heterocycles. The maximum absolute atomic E-state index is 12.2. The van der Waals surface area contributed by atoms with E-state index in [2.05, 4.69) is 10.6 Å². The van der Waals surface area contributed by atoms with Crippen LogP contribution in [0.5, 0.6) is 0 Å². The minimum absolute atomic E-state index is 0.0165. The monoisotopic (exact) mass is 299 g/mol. The van der Waals surface area contributed by atoms with E-state index in [1.807, 2.05) is 27.7 Å². The van der Waals surface area contributed by atoms with E-state index in [9.17, 15) is 9.59 Å². The van der Waals surface area contributed by atoms with Gasteiger partial charge in [0.1, 0.15) is 5.60 Å². The van der Waals surface area contributed by atoms with Crippen LogP contribution < -0.4 is 10.6 Å². The molecular formula is C15H29N3O3. The largest absolute Gasteiger partial charge is 0.444 e. The lowest BCUT2D eigenvalue weighted by molar-refractivity contribution is -0.120. The van der Waals surface area contributed by atoms with Crippen LogP contribution in [0.1, 0.15) is 47.0 Å². The van der Waals surface area contributed by atoms with Crippen molar-refractivity contribution in [3.8, 4) is 0 Å². The van der Waals surface area contributed by atoms with Crippen molar-refractivity contribution in [2.45, 2.75) is 58.6 Å². The third-order valence-electron chi connectivity index (χ3n) is 3.29. The number of amides is 2. The highest BCUT2D eigenvalue weighted by molar-refractivity contribution is 5.77. The van der Waals surface area contributed by atoms with Crippen molar-refractivity contribution in [1.82, 2.24) is 15.5 Å². The average molecular weight is 299 g/mol. The molecule has 0 aromatic rings. The van der Waals surface area contributed by atoms with Crippen LogP contribution in [0.2, 0.25) is 0 Å². The van der Waals surface area contributed by atoms with Gasteiger partial charge in [-0.1, -0.05) is 0 Å². The number of ether oxygens (including phenoxy) is 1. The van der Waals surface area contributed by atoms with Crippen LogP contribution in [0, 0.1) is 0 Å². The van der Waals surface area contributed by atoms with E-state index < -0.39 is 5.60 Å². The lowest BCUT2D eigenvalue weighted by Crippen LogP contribution is -2.51. The highest BCUT2D eigenvalue weighted by Gasteiger charge is 2.30. The van der Waals surface area contributed by atoms with Crippen LogP contribution in [0.15, 0.2) is 0 Å². The Labute approximate surface area is 127 Å². The fraction of sp³-hybridized carbons (Fsp3) is 0.867. The lowest BCUT2D eigenvalue weighted by atomic mass is 10.0. The number of likely N-dealkylation sites (N-methyl/N-ethyl adjacent to an activating group) is 1. The van der Waals surface area contributed by atoms with Crippen molar-refractivity contribution in [2.24, 2.45) is 0 Å². The molecule has 0 aromatic carbocycles. The second-order valence-electron chi connectivity index (χ2n) is 6.41. The van der Waals surface area contributed by atoms with E-state index in [-0.39, 0.29) is 24.6 Å². The van der Waals surface area contributed by atoms with Gasteiger partial charge in [0, 0.05) is 25.7 Å². The second kappa shape index (κ2) is 8.22. The summed E-state index contributed by atoms with van der Waals surface area (Å²) in [4.78, 5) is 25.4. The molecule has 6 heteroatoms. The Hall–Kier alpha value is -1.30. The molecule has 2 N–H and O–H groups in total. The van der Waals surface area contributed by atoms with Crippen LogP contribution >= 0.6 is 0 Å². The van der Waals surface area contributed by atoms with Gasteiger partial charge in [0.25, 0.3) is 0 Å². The highest BCUT2D eigenvalue weighted by atomic mass is 16.6. The van der Waals surface area contributed by atoms with Crippen LogP contribution in [-0.2, 0) is 9.53 Å². The molecule has 0 bridgehead atoms. The van der Waals surface area contributed by atoms with Gasteiger partial charge < -0.3 is 20.3 Å². The van der Waals surface area contributed by atoms with E-state index in [4.69, 9.17) is 4.74 Å². The number of likely N-dealkylation sites (tertiary alicyclic amines) is 1. The van der Waals surface area contributed by atoms with Crippen LogP contribution in [-0.4, -0.2) is 54.7 Å². The smallest absolute Gasteiger partial charge is 0.410 e. The molecule has 0 radical (unpaired) electrons. The summed E-state index contributed by atoms with van der Waals surface area (Å²) in [5.74, 6) is -0.0165. The van der Waals surface area contributed by atoms with Crippen molar-refractivity contribution < 1.29 is 14.3 Å². The number of carbonyl (C=O) groups is 2.